The molecule has 0 bridgehead atoms. The van der Waals surface area contributed by atoms with Gasteiger partial charge in [0.15, 0.2) is 0 Å². The van der Waals surface area contributed by atoms with Gasteiger partial charge in [-0.2, -0.15) is 0 Å². The molecule has 0 unspecified atom stereocenters. The number of likely N-dealkylation sites (tertiary alicyclic amines) is 1. The molecule has 0 radical (unpaired) electrons. The molecule has 0 spiro atoms. The Balaban J connectivity index is 1.97. The normalized spacial score (nSPS) is 13.8. The van der Waals surface area contributed by atoms with Gasteiger partial charge in [-0.05, 0) is 31.0 Å². The second-order valence-corrected chi connectivity index (χ2v) is 5.90. The molecule has 1 fully saturated rings. The predicted octanol–water partition coefficient (Wildman–Crippen LogP) is 2.54. The minimum absolute atomic E-state index is 0.0311. The van der Waals surface area contributed by atoms with Gasteiger partial charge < -0.3 is 10.2 Å². The van der Waals surface area contributed by atoms with Crippen LogP contribution in [-0.4, -0.2) is 54.3 Å². The highest BCUT2D eigenvalue weighted by Gasteiger charge is 2.19. The van der Waals surface area contributed by atoms with Crippen LogP contribution < -0.4 is 5.32 Å². The Hall–Kier alpha value is -2.40. The molecule has 1 aromatic rings. The summed E-state index contributed by atoms with van der Waals surface area (Å²) in [5, 5.41) is 2.86. The van der Waals surface area contributed by atoms with Gasteiger partial charge in [-0.3, -0.25) is 14.5 Å². The fourth-order valence-electron chi connectivity index (χ4n) is 2.81. The topological polar surface area (TPSA) is 52.7 Å². The van der Waals surface area contributed by atoms with Crippen LogP contribution in [-0.2, 0) is 4.79 Å². The molecule has 2 amide bonds. The summed E-state index contributed by atoms with van der Waals surface area (Å²) in [5.74, 6) is -0.0898. The molecule has 5 heteroatoms. The lowest BCUT2D eigenvalue weighted by atomic mass is 10.1. The van der Waals surface area contributed by atoms with Crippen molar-refractivity contribution in [3.8, 4) is 0 Å². The van der Waals surface area contributed by atoms with Gasteiger partial charge in [0.2, 0.25) is 5.91 Å². The fraction of sp³-hybridized carbons (Fsp3) is 0.368. The minimum Gasteiger partial charge on any atom is -0.339 e. The van der Waals surface area contributed by atoms with Gasteiger partial charge in [0.25, 0.3) is 5.91 Å². The Kier molecular flexibility index (Phi) is 6.75. The molecule has 1 aromatic carbocycles. The second-order valence-electron chi connectivity index (χ2n) is 5.90. The van der Waals surface area contributed by atoms with Gasteiger partial charge in [-0.15, -0.1) is 13.2 Å². The summed E-state index contributed by atoms with van der Waals surface area (Å²) in [7, 11) is 0. The van der Waals surface area contributed by atoms with Crippen molar-refractivity contribution >= 4 is 17.5 Å². The summed E-state index contributed by atoms with van der Waals surface area (Å²) in [4.78, 5) is 28.4. The van der Waals surface area contributed by atoms with Crippen LogP contribution in [0.15, 0.2) is 49.6 Å². The maximum Gasteiger partial charge on any atom is 0.253 e. The summed E-state index contributed by atoms with van der Waals surface area (Å²) in [5.41, 5.74) is 1.26. The third-order valence-corrected chi connectivity index (χ3v) is 3.93. The molecule has 1 saturated heterocycles. The van der Waals surface area contributed by atoms with Crippen molar-refractivity contribution in [1.82, 2.24) is 9.80 Å². The first-order valence-electron chi connectivity index (χ1n) is 8.27. The molecule has 1 N–H and O–H groups in total. The molecule has 1 aliphatic heterocycles. The zero-order chi connectivity index (χ0) is 17.4. The zero-order valence-corrected chi connectivity index (χ0v) is 14.0. The molecule has 0 aromatic heterocycles. The lowest BCUT2D eigenvalue weighted by Gasteiger charge is -2.18. The molecule has 128 valence electrons. The highest BCUT2D eigenvalue weighted by molar-refractivity contribution is 5.97. The van der Waals surface area contributed by atoms with Gasteiger partial charge in [0, 0.05) is 37.4 Å². The van der Waals surface area contributed by atoms with Crippen LogP contribution >= 0.6 is 0 Å². The first-order chi connectivity index (χ1) is 11.6. The Bertz CT molecular complexity index is 596. The number of carbonyl (C=O) groups is 2. The van der Waals surface area contributed by atoms with Crippen LogP contribution in [0.3, 0.4) is 0 Å². The third kappa shape index (κ3) is 5.06. The van der Waals surface area contributed by atoms with Crippen LogP contribution in [0.5, 0.6) is 0 Å². The lowest BCUT2D eigenvalue weighted by molar-refractivity contribution is -0.117. The van der Waals surface area contributed by atoms with Crippen molar-refractivity contribution in [2.24, 2.45) is 0 Å². The molecule has 0 atom stereocenters. The SMILES string of the molecule is C=CCN(CC=C)CC(=O)Nc1cccc(C(=O)N2CCCC2)c1. The van der Waals surface area contributed by atoms with E-state index in [0.717, 1.165) is 25.9 Å². The van der Waals surface area contributed by atoms with Crippen LogP contribution in [0.2, 0.25) is 0 Å². The van der Waals surface area contributed by atoms with E-state index in [2.05, 4.69) is 18.5 Å². The average molecular weight is 327 g/mol. The highest BCUT2D eigenvalue weighted by Crippen LogP contribution is 2.16. The van der Waals surface area contributed by atoms with Crippen LogP contribution in [0.1, 0.15) is 23.2 Å². The van der Waals surface area contributed by atoms with E-state index in [1.165, 1.54) is 0 Å². The smallest absolute Gasteiger partial charge is 0.253 e. The zero-order valence-electron chi connectivity index (χ0n) is 14.0. The largest absolute Gasteiger partial charge is 0.339 e. The number of carbonyl (C=O) groups excluding carboxylic acids is 2. The van der Waals surface area contributed by atoms with Gasteiger partial charge in [-0.25, -0.2) is 0 Å². The van der Waals surface area contributed by atoms with Gasteiger partial charge in [-0.1, -0.05) is 18.2 Å². The van der Waals surface area contributed by atoms with Crippen molar-refractivity contribution in [2.75, 3.05) is 38.0 Å². The summed E-state index contributed by atoms with van der Waals surface area (Å²) >= 11 is 0. The second kappa shape index (κ2) is 9.03. The van der Waals surface area contributed by atoms with Crippen molar-refractivity contribution < 1.29 is 9.59 Å². The summed E-state index contributed by atoms with van der Waals surface area (Å²) in [6.45, 7) is 10.5. The molecular weight excluding hydrogens is 302 g/mol. The molecule has 0 aliphatic carbocycles. The Morgan fingerprint density at radius 2 is 1.83 bits per heavy atom. The molecule has 2 rings (SSSR count). The van der Waals surface area contributed by atoms with Gasteiger partial charge in [0.05, 0.1) is 6.54 Å². The van der Waals surface area contributed by atoms with Crippen LogP contribution in [0.4, 0.5) is 5.69 Å². The maximum atomic E-state index is 12.4. The molecule has 1 aliphatic rings. The quantitative estimate of drug-likeness (QED) is 0.747. The molecule has 0 saturated carbocycles. The lowest BCUT2D eigenvalue weighted by Crippen LogP contribution is -2.33. The summed E-state index contributed by atoms with van der Waals surface area (Å²) in [6.07, 6.45) is 5.63. The number of rotatable bonds is 8. The van der Waals surface area contributed by atoms with E-state index in [-0.39, 0.29) is 18.4 Å². The van der Waals surface area contributed by atoms with Gasteiger partial charge in [0.1, 0.15) is 0 Å². The molecule has 1 heterocycles. The third-order valence-electron chi connectivity index (χ3n) is 3.93. The number of nitrogens with one attached hydrogen (secondary N) is 1. The van der Waals surface area contributed by atoms with Crippen molar-refractivity contribution in [3.05, 3.63) is 55.1 Å². The first kappa shape index (κ1) is 17.9. The Morgan fingerprint density at radius 3 is 2.46 bits per heavy atom. The first-order valence-corrected chi connectivity index (χ1v) is 8.27. The number of hydrogen-bond donors (Lipinski definition) is 1. The number of amides is 2. The Morgan fingerprint density at radius 1 is 1.17 bits per heavy atom. The van der Waals surface area contributed by atoms with E-state index in [9.17, 15) is 9.59 Å². The maximum absolute atomic E-state index is 12.4. The van der Waals surface area contributed by atoms with E-state index in [4.69, 9.17) is 0 Å². The summed E-state index contributed by atoms with van der Waals surface area (Å²) < 4.78 is 0. The monoisotopic (exact) mass is 327 g/mol. The fourth-order valence-corrected chi connectivity index (χ4v) is 2.81. The van der Waals surface area contributed by atoms with Crippen molar-refractivity contribution in [1.29, 1.82) is 0 Å². The van der Waals surface area contributed by atoms with Gasteiger partial charge >= 0.3 is 0 Å². The number of hydrogen-bond acceptors (Lipinski definition) is 3. The van der Waals surface area contributed by atoms with Crippen LogP contribution in [0, 0.1) is 0 Å². The average Bonchev–Trinajstić information content (AvgIpc) is 3.09. The van der Waals surface area contributed by atoms with Crippen molar-refractivity contribution in [3.63, 3.8) is 0 Å². The standard InChI is InChI=1S/C19H25N3O2/c1-3-10-21(11-4-2)15-18(23)20-17-9-7-8-16(14-17)19(24)22-12-5-6-13-22/h3-4,7-9,14H,1-2,5-6,10-13,15H2,(H,20,23). The van der Waals surface area contributed by atoms with E-state index < -0.39 is 0 Å². The number of benzene rings is 1. The summed E-state index contributed by atoms with van der Waals surface area (Å²) in [6, 6.07) is 7.12. The van der Waals surface area contributed by atoms with E-state index in [0.29, 0.717) is 24.3 Å². The van der Waals surface area contributed by atoms with E-state index in [1.807, 2.05) is 9.80 Å². The van der Waals surface area contributed by atoms with Crippen molar-refractivity contribution in [2.45, 2.75) is 12.8 Å². The minimum atomic E-state index is -0.121. The van der Waals surface area contributed by atoms with E-state index >= 15 is 0 Å². The van der Waals surface area contributed by atoms with E-state index in [1.54, 1.807) is 36.4 Å². The Labute approximate surface area is 143 Å². The van der Waals surface area contributed by atoms with Crippen LogP contribution in [0.25, 0.3) is 0 Å². The highest BCUT2D eigenvalue weighted by atomic mass is 16.2. The molecule has 5 nitrogen and oxygen atoms in total. The molecule has 24 heavy (non-hydrogen) atoms. The number of anilines is 1. The predicted molar refractivity (Wildman–Crippen MR) is 97.0 cm³/mol. The molecular formula is C19H25N3O2. The number of nitrogens with zero attached hydrogens (tertiary/aromatic N) is 2.